The third kappa shape index (κ3) is 4.93. The largest absolute Gasteiger partial charge is 0.534 e. The Labute approximate surface area is 171 Å². The molecule has 12 heteroatoms. The Bertz CT molecular complexity index is 1140. The zero-order valence-electron chi connectivity index (χ0n) is 15.8. The molecule has 164 valence electrons. The van der Waals surface area contributed by atoms with Gasteiger partial charge < -0.3 is 8.92 Å². The number of aryl methyl sites for hydroxylation is 1. The molecule has 0 aliphatic carbocycles. The summed E-state index contributed by atoms with van der Waals surface area (Å²) in [5.41, 5.74) is -6.78. The summed E-state index contributed by atoms with van der Waals surface area (Å²) in [5.74, 6) is -2.95. The Morgan fingerprint density at radius 1 is 0.967 bits per heavy atom. The Morgan fingerprint density at radius 2 is 1.53 bits per heavy atom. The minimum atomic E-state index is -6.12. The molecule has 2 rings (SSSR count). The van der Waals surface area contributed by atoms with Crippen molar-refractivity contribution in [3.63, 3.8) is 0 Å². The predicted molar refractivity (Wildman–Crippen MR) is 100 cm³/mol. The molecule has 0 atom stereocenters. The molecule has 0 heterocycles. The lowest BCUT2D eigenvalue weighted by atomic mass is 10.0. The zero-order valence-corrected chi connectivity index (χ0v) is 17.4. The van der Waals surface area contributed by atoms with Gasteiger partial charge >= 0.3 is 21.6 Å². The highest BCUT2D eigenvalue weighted by Gasteiger charge is 2.49. The van der Waals surface area contributed by atoms with Crippen LogP contribution < -0.4 is 4.18 Å². The second-order valence-electron chi connectivity index (χ2n) is 5.99. The third-order valence-electron chi connectivity index (χ3n) is 4.02. The standard InChI is InChI=1S/C18H17F3O7S2/c1-3-12-9-10-13(11-29(23,24)14-7-5-4-6-8-14)15(17(22)27-2)16(12)28-30(25,26)18(19,20)21/h4-10H,3,11H2,1-2H3. The summed E-state index contributed by atoms with van der Waals surface area (Å²) in [4.78, 5) is 12.2. The van der Waals surface area contributed by atoms with E-state index in [9.17, 15) is 34.8 Å². The van der Waals surface area contributed by atoms with E-state index in [0.717, 1.165) is 7.11 Å². The number of sulfone groups is 1. The lowest BCUT2D eigenvalue weighted by Gasteiger charge is -2.18. The van der Waals surface area contributed by atoms with E-state index in [0.29, 0.717) is 0 Å². The average molecular weight is 466 g/mol. The van der Waals surface area contributed by atoms with Crippen LogP contribution in [0.3, 0.4) is 0 Å². The fraction of sp³-hybridized carbons (Fsp3) is 0.278. The topological polar surface area (TPSA) is 104 Å². The van der Waals surface area contributed by atoms with Gasteiger partial charge in [0, 0.05) is 0 Å². The van der Waals surface area contributed by atoms with Crippen LogP contribution in [0.5, 0.6) is 5.75 Å². The highest BCUT2D eigenvalue weighted by molar-refractivity contribution is 7.90. The molecular formula is C18H17F3O7S2. The van der Waals surface area contributed by atoms with E-state index in [2.05, 4.69) is 8.92 Å². The maximum atomic E-state index is 12.8. The van der Waals surface area contributed by atoms with E-state index >= 15 is 0 Å². The minimum absolute atomic E-state index is 0.00157. The summed E-state index contributed by atoms with van der Waals surface area (Å²) >= 11 is 0. The molecule has 0 amide bonds. The third-order valence-corrected chi connectivity index (χ3v) is 6.65. The molecule has 0 N–H and O–H groups in total. The predicted octanol–water partition coefficient (Wildman–Crippen LogP) is 3.24. The van der Waals surface area contributed by atoms with Gasteiger partial charge in [0.2, 0.25) is 0 Å². The van der Waals surface area contributed by atoms with E-state index in [1.165, 1.54) is 43.3 Å². The van der Waals surface area contributed by atoms with Crippen molar-refractivity contribution < 1.29 is 43.7 Å². The van der Waals surface area contributed by atoms with Crippen LogP contribution in [0.25, 0.3) is 0 Å². The number of rotatable bonds is 7. The summed E-state index contributed by atoms with van der Waals surface area (Å²) in [6, 6.07) is 9.54. The molecule has 2 aromatic rings. The van der Waals surface area contributed by atoms with Crippen LogP contribution in [0.4, 0.5) is 13.2 Å². The molecule has 0 unspecified atom stereocenters. The minimum Gasteiger partial charge on any atom is -0.465 e. The zero-order chi connectivity index (χ0) is 22.7. The van der Waals surface area contributed by atoms with E-state index in [-0.39, 0.29) is 22.4 Å². The second-order valence-corrected chi connectivity index (χ2v) is 9.52. The van der Waals surface area contributed by atoms with Crippen LogP contribution in [0.2, 0.25) is 0 Å². The monoisotopic (exact) mass is 466 g/mol. The number of hydrogen-bond donors (Lipinski definition) is 0. The Hall–Kier alpha value is -2.60. The summed E-state index contributed by atoms with van der Waals surface area (Å²) in [7, 11) is -9.22. The van der Waals surface area contributed by atoms with Crippen molar-refractivity contribution in [1.29, 1.82) is 0 Å². The first-order valence-electron chi connectivity index (χ1n) is 8.35. The first kappa shape index (κ1) is 23.7. The quantitative estimate of drug-likeness (QED) is 0.351. The van der Waals surface area contributed by atoms with Crippen molar-refractivity contribution >= 4 is 25.9 Å². The number of carbonyl (C=O) groups is 1. The van der Waals surface area contributed by atoms with E-state index in [4.69, 9.17) is 0 Å². The molecule has 0 saturated heterocycles. The van der Waals surface area contributed by atoms with Crippen LogP contribution >= 0.6 is 0 Å². The summed E-state index contributed by atoms with van der Waals surface area (Å²) < 4.78 is 95.8. The van der Waals surface area contributed by atoms with Gasteiger partial charge in [-0.05, 0) is 29.7 Å². The molecular weight excluding hydrogens is 449 g/mol. The van der Waals surface area contributed by atoms with Crippen molar-refractivity contribution in [2.24, 2.45) is 0 Å². The number of methoxy groups -OCH3 is 1. The van der Waals surface area contributed by atoms with Gasteiger partial charge in [0.05, 0.1) is 17.8 Å². The van der Waals surface area contributed by atoms with Gasteiger partial charge in [-0.25, -0.2) is 13.2 Å². The smallest absolute Gasteiger partial charge is 0.465 e. The van der Waals surface area contributed by atoms with Crippen LogP contribution in [-0.2, 0) is 36.9 Å². The molecule has 0 spiro atoms. The van der Waals surface area contributed by atoms with E-state index in [1.54, 1.807) is 6.07 Å². The summed E-state index contributed by atoms with van der Waals surface area (Å²) in [6.07, 6.45) is -0.00157. The van der Waals surface area contributed by atoms with Crippen LogP contribution in [-0.4, -0.2) is 35.4 Å². The SMILES string of the molecule is CCc1ccc(CS(=O)(=O)c2ccccc2)c(C(=O)OC)c1OS(=O)(=O)C(F)(F)F. The van der Waals surface area contributed by atoms with E-state index in [1.807, 2.05) is 0 Å². The van der Waals surface area contributed by atoms with Gasteiger partial charge in [-0.15, -0.1) is 0 Å². The first-order valence-corrected chi connectivity index (χ1v) is 11.4. The lowest BCUT2D eigenvalue weighted by molar-refractivity contribution is -0.0500. The van der Waals surface area contributed by atoms with Crippen LogP contribution in [0, 0.1) is 0 Å². The van der Waals surface area contributed by atoms with Gasteiger partial charge in [0.15, 0.2) is 15.6 Å². The molecule has 7 nitrogen and oxygen atoms in total. The molecule has 0 aliphatic heterocycles. The van der Waals surface area contributed by atoms with Crippen molar-refractivity contribution in [2.45, 2.75) is 29.5 Å². The van der Waals surface area contributed by atoms with Crippen molar-refractivity contribution in [2.75, 3.05) is 7.11 Å². The van der Waals surface area contributed by atoms with Crippen LogP contribution in [0.15, 0.2) is 47.4 Å². The molecule has 2 aromatic carbocycles. The van der Waals surface area contributed by atoms with Crippen molar-refractivity contribution in [1.82, 2.24) is 0 Å². The number of hydrogen-bond acceptors (Lipinski definition) is 7. The van der Waals surface area contributed by atoms with Crippen molar-refractivity contribution in [3.05, 3.63) is 59.2 Å². The number of carbonyl (C=O) groups excluding carboxylic acids is 1. The number of ether oxygens (including phenoxy) is 1. The second kappa shape index (κ2) is 8.64. The maximum absolute atomic E-state index is 12.8. The Morgan fingerprint density at radius 3 is 2.03 bits per heavy atom. The molecule has 0 fully saturated rings. The van der Waals surface area contributed by atoms with Gasteiger partial charge in [-0.1, -0.05) is 37.3 Å². The Balaban J connectivity index is 2.70. The van der Waals surface area contributed by atoms with Crippen LogP contribution in [0.1, 0.15) is 28.4 Å². The van der Waals surface area contributed by atoms with Gasteiger partial charge in [0.1, 0.15) is 5.56 Å². The normalized spacial score (nSPS) is 12.4. The van der Waals surface area contributed by atoms with Gasteiger partial charge in [0.25, 0.3) is 0 Å². The highest BCUT2D eigenvalue weighted by atomic mass is 32.2. The maximum Gasteiger partial charge on any atom is 0.534 e. The molecule has 0 radical (unpaired) electrons. The fourth-order valence-corrected chi connectivity index (χ4v) is 4.45. The molecule has 0 saturated carbocycles. The first-order chi connectivity index (χ1) is 13.8. The summed E-state index contributed by atoms with van der Waals surface area (Å²) in [6.45, 7) is 1.49. The summed E-state index contributed by atoms with van der Waals surface area (Å²) in [5, 5.41) is 0. The van der Waals surface area contributed by atoms with E-state index < -0.39 is 48.5 Å². The fourth-order valence-electron chi connectivity index (χ4n) is 2.56. The molecule has 30 heavy (non-hydrogen) atoms. The molecule has 0 aromatic heterocycles. The van der Waals surface area contributed by atoms with Gasteiger partial charge in [-0.2, -0.15) is 21.6 Å². The van der Waals surface area contributed by atoms with Gasteiger partial charge in [-0.3, -0.25) is 0 Å². The highest BCUT2D eigenvalue weighted by Crippen LogP contribution is 2.35. The number of esters is 1. The number of alkyl halides is 3. The van der Waals surface area contributed by atoms with Crippen molar-refractivity contribution in [3.8, 4) is 5.75 Å². The average Bonchev–Trinajstić information content (AvgIpc) is 2.67. The number of benzene rings is 2. The Kier molecular flexibility index (Phi) is 6.82. The molecule has 0 bridgehead atoms. The molecule has 0 aliphatic rings. The number of halogens is 3. The lowest BCUT2D eigenvalue weighted by Crippen LogP contribution is -2.29.